The summed E-state index contributed by atoms with van der Waals surface area (Å²) in [5.74, 6) is -1.35. The zero-order valence-corrected chi connectivity index (χ0v) is 14.0. The van der Waals surface area contributed by atoms with Gasteiger partial charge in [0.25, 0.3) is 11.6 Å². The first-order valence-electron chi connectivity index (χ1n) is 7.79. The van der Waals surface area contributed by atoms with Crippen LogP contribution in [0.5, 0.6) is 0 Å². The number of anilines is 2. The number of carbonyl (C=O) groups excluding carboxylic acids is 2. The third-order valence-electron chi connectivity index (χ3n) is 4.18. The van der Waals surface area contributed by atoms with Crippen molar-refractivity contribution in [1.82, 2.24) is 9.55 Å². The molecule has 1 aromatic heterocycles. The average molecular weight is 357 g/mol. The summed E-state index contributed by atoms with van der Waals surface area (Å²) in [5, 5.41) is 16.5. The number of amides is 2. The first kappa shape index (κ1) is 17.3. The van der Waals surface area contributed by atoms with E-state index >= 15 is 0 Å². The van der Waals surface area contributed by atoms with Crippen molar-refractivity contribution in [2.45, 2.75) is 19.3 Å². The van der Waals surface area contributed by atoms with Gasteiger partial charge in [0.2, 0.25) is 5.91 Å². The summed E-state index contributed by atoms with van der Waals surface area (Å²) in [5.41, 5.74) is 0.137. The highest BCUT2D eigenvalue weighted by molar-refractivity contribution is 6.08. The highest BCUT2D eigenvalue weighted by Crippen LogP contribution is 2.40. The number of nitrogens with zero attached hydrogens (tertiary/aromatic N) is 3. The summed E-state index contributed by atoms with van der Waals surface area (Å²) < 4.78 is 1.12. The summed E-state index contributed by atoms with van der Waals surface area (Å²) >= 11 is 0. The van der Waals surface area contributed by atoms with E-state index in [9.17, 15) is 24.5 Å². The first-order chi connectivity index (χ1) is 12.3. The predicted molar refractivity (Wildman–Crippen MR) is 92.2 cm³/mol. The summed E-state index contributed by atoms with van der Waals surface area (Å²) in [7, 11) is 1.43. The molecule has 0 radical (unpaired) electrons. The number of benzene rings is 1. The van der Waals surface area contributed by atoms with E-state index in [1.807, 2.05) is 6.92 Å². The van der Waals surface area contributed by atoms with Gasteiger partial charge >= 0.3 is 5.69 Å². The molecule has 3 rings (SSSR count). The normalized spacial score (nSPS) is 15.3. The van der Waals surface area contributed by atoms with E-state index in [1.54, 1.807) is 0 Å². The standard InChI is InChI=1S/C16H15N5O5/c1-3-9-10-4-13(21(25)26)12(5-11(10)18-15(9)23)19-14(22)8-6-17-16(24)20(2)7-8/h4-7,9H,3H2,1-2H3,(H,18,23)(H,19,22). The van der Waals surface area contributed by atoms with E-state index in [0.29, 0.717) is 17.7 Å². The van der Waals surface area contributed by atoms with E-state index in [1.165, 1.54) is 25.4 Å². The second-order valence-corrected chi connectivity index (χ2v) is 5.85. The molecule has 10 heteroatoms. The van der Waals surface area contributed by atoms with Gasteiger partial charge < -0.3 is 15.2 Å². The lowest BCUT2D eigenvalue weighted by Gasteiger charge is -2.10. The van der Waals surface area contributed by atoms with Gasteiger partial charge in [-0.05, 0) is 18.1 Å². The van der Waals surface area contributed by atoms with Gasteiger partial charge in [-0.15, -0.1) is 0 Å². The number of nitrogens with one attached hydrogen (secondary N) is 2. The number of carbonyl (C=O) groups is 2. The van der Waals surface area contributed by atoms with Gasteiger partial charge in [0.1, 0.15) is 5.69 Å². The zero-order chi connectivity index (χ0) is 19.0. The van der Waals surface area contributed by atoms with Crippen LogP contribution in [-0.2, 0) is 11.8 Å². The highest BCUT2D eigenvalue weighted by Gasteiger charge is 2.33. The summed E-state index contributed by atoms with van der Waals surface area (Å²) in [6.45, 7) is 1.81. The van der Waals surface area contributed by atoms with Gasteiger partial charge in [-0.2, -0.15) is 0 Å². The molecular weight excluding hydrogens is 342 g/mol. The Bertz CT molecular complexity index is 997. The third kappa shape index (κ3) is 2.92. The minimum absolute atomic E-state index is 0.0512. The molecule has 10 nitrogen and oxygen atoms in total. The lowest BCUT2D eigenvalue weighted by Crippen LogP contribution is -2.23. The minimum Gasteiger partial charge on any atom is -0.325 e. The molecule has 0 bridgehead atoms. The van der Waals surface area contributed by atoms with E-state index in [-0.39, 0.29) is 22.8 Å². The molecule has 0 spiro atoms. The van der Waals surface area contributed by atoms with Crippen LogP contribution in [0.15, 0.2) is 29.3 Å². The van der Waals surface area contributed by atoms with Crippen molar-refractivity contribution in [3.8, 4) is 0 Å². The van der Waals surface area contributed by atoms with Gasteiger partial charge in [0.05, 0.1) is 16.4 Å². The zero-order valence-electron chi connectivity index (χ0n) is 14.0. The van der Waals surface area contributed by atoms with E-state index in [0.717, 1.165) is 10.8 Å². The summed E-state index contributed by atoms with van der Waals surface area (Å²) in [6, 6.07) is 2.67. The van der Waals surface area contributed by atoms with Crippen LogP contribution < -0.4 is 16.3 Å². The topological polar surface area (TPSA) is 136 Å². The molecule has 1 aliphatic heterocycles. The highest BCUT2D eigenvalue weighted by atomic mass is 16.6. The number of nitro benzene ring substituents is 1. The molecule has 0 fully saturated rings. The molecular formula is C16H15N5O5. The Balaban J connectivity index is 1.99. The molecule has 134 valence electrons. The van der Waals surface area contributed by atoms with Crippen LogP contribution in [0.4, 0.5) is 17.1 Å². The van der Waals surface area contributed by atoms with Crippen molar-refractivity contribution in [2.24, 2.45) is 7.05 Å². The molecule has 0 aliphatic carbocycles. The van der Waals surface area contributed by atoms with Crippen LogP contribution >= 0.6 is 0 Å². The third-order valence-corrected chi connectivity index (χ3v) is 4.18. The van der Waals surface area contributed by atoms with Gasteiger partial charge in [-0.3, -0.25) is 19.7 Å². The van der Waals surface area contributed by atoms with Crippen molar-refractivity contribution in [3.63, 3.8) is 0 Å². The maximum Gasteiger partial charge on any atom is 0.347 e. The van der Waals surface area contributed by atoms with Gasteiger partial charge in [0.15, 0.2) is 0 Å². The maximum atomic E-state index is 12.4. The maximum absolute atomic E-state index is 12.4. The van der Waals surface area contributed by atoms with Crippen LogP contribution in [0.25, 0.3) is 0 Å². The Morgan fingerprint density at radius 1 is 1.42 bits per heavy atom. The van der Waals surface area contributed by atoms with Crippen molar-refractivity contribution in [1.29, 1.82) is 0 Å². The monoisotopic (exact) mass is 357 g/mol. The minimum atomic E-state index is -0.660. The van der Waals surface area contributed by atoms with Crippen LogP contribution in [-0.4, -0.2) is 26.3 Å². The second-order valence-electron chi connectivity index (χ2n) is 5.85. The number of rotatable bonds is 4. The fourth-order valence-electron chi connectivity index (χ4n) is 2.84. The molecule has 1 unspecified atom stereocenters. The number of aromatic nitrogens is 2. The van der Waals surface area contributed by atoms with Crippen LogP contribution in [0.2, 0.25) is 0 Å². The molecule has 1 atom stereocenters. The Morgan fingerprint density at radius 3 is 2.77 bits per heavy atom. The Hall–Kier alpha value is -3.56. The van der Waals surface area contributed by atoms with Crippen molar-refractivity contribution in [2.75, 3.05) is 10.6 Å². The van der Waals surface area contributed by atoms with Crippen LogP contribution in [0.3, 0.4) is 0 Å². The summed E-state index contributed by atoms with van der Waals surface area (Å²) in [4.78, 5) is 50.0. The number of hydrogen-bond donors (Lipinski definition) is 2. The van der Waals surface area contributed by atoms with Crippen LogP contribution in [0, 0.1) is 10.1 Å². The molecule has 0 saturated carbocycles. The van der Waals surface area contributed by atoms with Crippen LogP contribution in [0.1, 0.15) is 35.2 Å². The number of nitro groups is 1. The van der Waals surface area contributed by atoms with Gasteiger partial charge in [0, 0.05) is 31.2 Å². The molecule has 1 aliphatic rings. The molecule has 2 N–H and O–H groups in total. The fraction of sp³-hybridized carbons (Fsp3) is 0.250. The lowest BCUT2D eigenvalue weighted by atomic mass is 9.97. The van der Waals surface area contributed by atoms with Gasteiger partial charge in [-0.25, -0.2) is 9.78 Å². The number of hydrogen-bond acceptors (Lipinski definition) is 6. The number of aryl methyl sites for hydroxylation is 1. The second kappa shape index (κ2) is 6.39. The Morgan fingerprint density at radius 2 is 2.15 bits per heavy atom. The van der Waals surface area contributed by atoms with Gasteiger partial charge in [-0.1, -0.05) is 6.92 Å². The number of fused-ring (bicyclic) bond motifs is 1. The predicted octanol–water partition coefficient (Wildman–Crippen LogP) is 1.39. The fourth-order valence-corrected chi connectivity index (χ4v) is 2.84. The molecule has 0 saturated heterocycles. The molecule has 2 aromatic rings. The molecule has 1 aromatic carbocycles. The average Bonchev–Trinajstić information content (AvgIpc) is 2.90. The Labute approximate surface area is 147 Å². The van der Waals surface area contributed by atoms with E-state index < -0.39 is 22.4 Å². The van der Waals surface area contributed by atoms with Crippen molar-refractivity contribution >= 4 is 28.9 Å². The molecule has 2 amide bonds. The molecule has 26 heavy (non-hydrogen) atoms. The Kier molecular flexibility index (Phi) is 4.24. The SMILES string of the molecule is CCC1C(=O)Nc2cc(NC(=O)c3cnc(=O)n(C)c3)c([N+](=O)[O-])cc21. The first-order valence-corrected chi connectivity index (χ1v) is 7.79. The lowest BCUT2D eigenvalue weighted by molar-refractivity contribution is -0.384. The van der Waals surface area contributed by atoms with E-state index in [4.69, 9.17) is 0 Å². The van der Waals surface area contributed by atoms with Crippen molar-refractivity contribution < 1.29 is 14.5 Å². The quantitative estimate of drug-likeness (QED) is 0.627. The largest absolute Gasteiger partial charge is 0.347 e. The van der Waals surface area contributed by atoms with E-state index in [2.05, 4.69) is 15.6 Å². The van der Waals surface area contributed by atoms with Crippen molar-refractivity contribution in [3.05, 3.63) is 56.3 Å². The smallest absolute Gasteiger partial charge is 0.325 e. The molecule has 2 heterocycles. The summed E-state index contributed by atoms with van der Waals surface area (Å²) in [6.07, 6.45) is 2.87.